The molecule has 2 aromatic rings. The lowest BCUT2D eigenvalue weighted by molar-refractivity contribution is 0.358. The Balaban J connectivity index is 0.000000548. The SMILES string of the molecule is C#Cc1cccc(CCCCCC(C)(C)C)c1.CC(C)(C)CCCCC/C(=C\[Si](C)(C)C)c1cccc(CCCCCC(C)(C)C)c1. The molecule has 0 aliphatic carbocycles. The molecule has 2 aromatic carbocycles. The number of hydrogen-bond acceptors (Lipinski definition) is 0. The number of unbranched alkanes of at least 4 members (excludes halogenated alkanes) is 6. The molecule has 0 atom stereocenters. The summed E-state index contributed by atoms with van der Waals surface area (Å²) in [6.45, 7) is 28.5. The van der Waals surface area contributed by atoms with E-state index >= 15 is 0 Å². The van der Waals surface area contributed by atoms with Crippen LogP contribution in [0.1, 0.15) is 168 Å². The van der Waals surface area contributed by atoms with Crippen LogP contribution in [0, 0.1) is 28.6 Å². The van der Waals surface area contributed by atoms with Gasteiger partial charge in [0.15, 0.2) is 0 Å². The summed E-state index contributed by atoms with van der Waals surface area (Å²) < 4.78 is 0. The van der Waals surface area contributed by atoms with Gasteiger partial charge < -0.3 is 0 Å². The predicted octanol–water partition coefficient (Wildman–Crippen LogP) is 14.9. The Labute approximate surface area is 296 Å². The first-order chi connectivity index (χ1) is 21.8. The monoisotopic (exact) mass is 657 g/mol. The van der Waals surface area contributed by atoms with Gasteiger partial charge in [0, 0.05) is 5.56 Å². The lowest BCUT2D eigenvalue weighted by atomic mass is 9.89. The smallest absolute Gasteiger partial charge is 0.0690 e. The number of terminal acetylenes is 1. The van der Waals surface area contributed by atoms with Crippen molar-refractivity contribution in [1.82, 2.24) is 0 Å². The molecule has 0 aromatic heterocycles. The number of rotatable bonds is 17. The van der Waals surface area contributed by atoms with Gasteiger partial charge in [-0.25, -0.2) is 0 Å². The third-order valence-electron chi connectivity index (χ3n) is 8.66. The summed E-state index contributed by atoms with van der Waals surface area (Å²) in [5.41, 5.74) is 11.1. The summed E-state index contributed by atoms with van der Waals surface area (Å²) in [6.07, 6.45) is 25.0. The van der Waals surface area contributed by atoms with E-state index in [9.17, 15) is 0 Å². The number of benzene rings is 2. The standard InChI is InChI=1S/C29H52Si.C17H24/c1-28(2,3)21-14-10-12-17-25-18-16-20-26(23-25)27(24-30(7,8)9)19-13-11-15-22-29(4,5)6;1-5-15-11-9-12-16(14-15)10-7-6-8-13-17(2,3)4/h16,18,20,23-24H,10-15,17,19,21-22H2,1-9H3;1,9,11-12,14H,6-8,10,13H2,2-4H3/b27-24+;. The van der Waals surface area contributed by atoms with E-state index in [4.69, 9.17) is 6.42 Å². The van der Waals surface area contributed by atoms with Crippen LogP contribution in [-0.2, 0) is 12.8 Å². The second-order valence-corrected chi connectivity index (χ2v) is 24.0. The van der Waals surface area contributed by atoms with Crippen molar-refractivity contribution in [3.05, 3.63) is 76.5 Å². The molecule has 0 aliphatic rings. The molecule has 0 spiro atoms. The minimum atomic E-state index is -1.23. The molecule has 0 nitrogen and oxygen atoms in total. The summed E-state index contributed by atoms with van der Waals surface area (Å²) in [6, 6.07) is 17.8. The van der Waals surface area contributed by atoms with E-state index in [1.165, 1.54) is 107 Å². The average Bonchev–Trinajstić information content (AvgIpc) is 2.94. The van der Waals surface area contributed by atoms with Crippen LogP contribution >= 0.6 is 0 Å². The molecule has 0 bridgehead atoms. The van der Waals surface area contributed by atoms with Crippen molar-refractivity contribution in [1.29, 1.82) is 0 Å². The van der Waals surface area contributed by atoms with Crippen molar-refractivity contribution < 1.29 is 0 Å². The van der Waals surface area contributed by atoms with Crippen LogP contribution in [0.2, 0.25) is 19.6 Å². The molecule has 2 rings (SSSR count). The molecule has 264 valence electrons. The molecule has 1 heteroatoms. The predicted molar refractivity (Wildman–Crippen MR) is 218 cm³/mol. The van der Waals surface area contributed by atoms with Crippen molar-refractivity contribution in [3.63, 3.8) is 0 Å². The zero-order valence-electron chi connectivity index (χ0n) is 33.4. The van der Waals surface area contributed by atoms with Gasteiger partial charge in [0.2, 0.25) is 0 Å². The molecular weight excluding hydrogens is 581 g/mol. The Morgan fingerprint density at radius 1 is 0.596 bits per heavy atom. The Kier molecular flexibility index (Phi) is 19.3. The van der Waals surface area contributed by atoms with E-state index in [0.717, 1.165) is 12.0 Å². The van der Waals surface area contributed by atoms with Gasteiger partial charge >= 0.3 is 0 Å². The summed E-state index contributed by atoms with van der Waals surface area (Å²) >= 11 is 0. The van der Waals surface area contributed by atoms with Crippen molar-refractivity contribution in [2.45, 2.75) is 178 Å². The van der Waals surface area contributed by atoms with E-state index < -0.39 is 8.07 Å². The van der Waals surface area contributed by atoms with E-state index in [-0.39, 0.29) is 0 Å². The number of hydrogen-bond donors (Lipinski definition) is 0. The first kappa shape index (κ1) is 43.0. The largest absolute Gasteiger partial charge is 0.115 e. The Bertz CT molecular complexity index is 1190. The normalized spacial score (nSPS) is 12.8. The van der Waals surface area contributed by atoms with Crippen LogP contribution in [0.5, 0.6) is 0 Å². The maximum absolute atomic E-state index is 5.39. The van der Waals surface area contributed by atoms with Gasteiger partial charge in [-0.2, -0.15) is 0 Å². The van der Waals surface area contributed by atoms with Crippen molar-refractivity contribution >= 4 is 13.6 Å². The summed E-state index contributed by atoms with van der Waals surface area (Å²) in [4.78, 5) is 0. The van der Waals surface area contributed by atoms with Crippen LogP contribution in [0.4, 0.5) is 0 Å². The van der Waals surface area contributed by atoms with Gasteiger partial charge in [0.05, 0.1) is 8.07 Å². The van der Waals surface area contributed by atoms with Gasteiger partial charge in [-0.3, -0.25) is 0 Å². The summed E-state index contributed by atoms with van der Waals surface area (Å²) in [5, 5.41) is 0. The minimum absolute atomic E-state index is 0.470. The summed E-state index contributed by atoms with van der Waals surface area (Å²) in [5.74, 6) is 2.69. The molecule has 0 fully saturated rings. The topological polar surface area (TPSA) is 0 Å². The van der Waals surface area contributed by atoms with Crippen molar-refractivity contribution in [3.8, 4) is 12.3 Å². The molecule has 0 aliphatic heterocycles. The van der Waals surface area contributed by atoms with Crippen LogP contribution in [0.25, 0.3) is 5.57 Å². The molecule has 0 heterocycles. The molecule has 0 N–H and O–H groups in total. The van der Waals surface area contributed by atoms with E-state index in [1.807, 2.05) is 6.07 Å². The highest BCUT2D eigenvalue weighted by Crippen LogP contribution is 2.28. The third kappa shape index (κ3) is 24.7. The highest BCUT2D eigenvalue weighted by atomic mass is 28.3. The summed E-state index contributed by atoms with van der Waals surface area (Å²) in [7, 11) is -1.23. The number of allylic oxidation sites excluding steroid dienone is 1. The van der Waals surface area contributed by atoms with Crippen LogP contribution in [-0.4, -0.2) is 8.07 Å². The first-order valence-electron chi connectivity index (χ1n) is 19.1. The lowest BCUT2D eigenvalue weighted by Crippen LogP contribution is -2.16. The van der Waals surface area contributed by atoms with Gasteiger partial charge in [-0.1, -0.05) is 168 Å². The maximum Gasteiger partial charge on any atom is 0.0690 e. The van der Waals surface area contributed by atoms with Crippen molar-refractivity contribution in [2.24, 2.45) is 16.2 Å². The average molecular weight is 657 g/mol. The molecule has 0 radical (unpaired) electrons. The Morgan fingerprint density at radius 3 is 1.49 bits per heavy atom. The van der Waals surface area contributed by atoms with E-state index in [0.29, 0.717) is 16.2 Å². The number of aryl methyl sites for hydroxylation is 2. The van der Waals surface area contributed by atoms with E-state index in [1.54, 1.807) is 5.57 Å². The van der Waals surface area contributed by atoms with Crippen LogP contribution < -0.4 is 0 Å². The van der Waals surface area contributed by atoms with E-state index in [2.05, 4.69) is 136 Å². The Hall–Kier alpha value is -2.04. The van der Waals surface area contributed by atoms with Gasteiger partial charge in [-0.15, -0.1) is 6.42 Å². The third-order valence-corrected chi connectivity index (χ3v) is 9.87. The fourth-order valence-electron chi connectivity index (χ4n) is 6.04. The van der Waals surface area contributed by atoms with Gasteiger partial charge in [0.25, 0.3) is 0 Å². The van der Waals surface area contributed by atoms with Crippen LogP contribution in [0.3, 0.4) is 0 Å². The maximum atomic E-state index is 5.39. The highest BCUT2D eigenvalue weighted by Gasteiger charge is 2.14. The second-order valence-electron chi connectivity index (χ2n) is 18.9. The molecule has 47 heavy (non-hydrogen) atoms. The molecule has 0 amide bonds. The van der Waals surface area contributed by atoms with Gasteiger partial charge in [0.1, 0.15) is 0 Å². The van der Waals surface area contributed by atoms with Gasteiger partial charge in [-0.05, 0) is 108 Å². The quantitative estimate of drug-likeness (QED) is 0.0903. The van der Waals surface area contributed by atoms with Crippen molar-refractivity contribution in [2.75, 3.05) is 0 Å². The fraction of sp³-hybridized carbons (Fsp3) is 0.652. The molecular formula is C46H76Si. The molecule has 0 saturated carbocycles. The zero-order valence-corrected chi connectivity index (χ0v) is 34.4. The first-order valence-corrected chi connectivity index (χ1v) is 22.7. The lowest BCUT2D eigenvalue weighted by Gasteiger charge is -2.19. The molecule has 0 saturated heterocycles. The highest BCUT2D eigenvalue weighted by molar-refractivity contribution is 6.81. The molecule has 0 unspecified atom stereocenters. The fourth-order valence-corrected chi connectivity index (χ4v) is 7.39. The van der Waals surface area contributed by atoms with Crippen LogP contribution in [0.15, 0.2) is 54.2 Å². The Morgan fingerprint density at radius 2 is 1.04 bits per heavy atom. The second kappa shape index (κ2) is 21.1. The minimum Gasteiger partial charge on any atom is -0.115 e. The zero-order chi connectivity index (χ0) is 35.6.